The van der Waals surface area contributed by atoms with E-state index in [1.54, 1.807) is 0 Å². The molecule has 6 heteroatoms. The minimum atomic E-state index is 0.822. The summed E-state index contributed by atoms with van der Waals surface area (Å²) >= 11 is 0. The molecule has 0 aromatic carbocycles. The van der Waals surface area contributed by atoms with Gasteiger partial charge >= 0.3 is 0 Å². The van der Waals surface area contributed by atoms with Gasteiger partial charge in [0.2, 0.25) is 0 Å². The fourth-order valence-electron chi connectivity index (χ4n) is 3.27. The highest BCUT2D eigenvalue weighted by Gasteiger charge is 2.18. The highest BCUT2D eigenvalue weighted by molar-refractivity contribution is 5.79. The van der Waals surface area contributed by atoms with Crippen LogP contribution in [-0.4, -0.2) is 65.8 Å². The summed E-state index contributed by atoms with van der Waals surface area (Å²) in [7, 11) is 5.87. The van der Waals surface area contributed by atoms with Crippen molar-refractivity contribution in [3.05, 3.63) is 18.0 Å². The van der Waals surface area contributed by atoms with Gasteiger partial charge in [-0.1, -0.05) is 6.92 Å². The molecule has 0 saturated carbocycles. The van der Waals surface area contributed by atoms with Crippen LogP contribution in [0.15, 0.2) is 17.4 Å². The molecule has 1 aromatic heterocycles. The van der Waals surface area contributed by atoms with Gasteiger partial charge in [0.25, 0.3) is 0 Å². The van der Waals surface area contributed by atoms with E-state index in [1.165, 1.54) is 44.5 Å². The molecule has 1 saturated heterocycles. The quantitative estimate of drug-likeness (QED) is 0.638. The van der Waals surface area contributed by atoms with E-state index in [9.17, 15) is 0 Å². The highest BCUT2D eigenvalue weighted by atomic mass is 15.3. The van der Waals surface area contributed by atoms with E-state index in [0.29, 0.717) is 0 Å². The Labute approximate surface area is 140 Å². The Hall–Kier alpha value is -1.56. The van der Waals surface area contributed by atoms with E-state index in [2.05, 4.69) is 39.2 Å². The van der Waals surface area contributed by atoms with Gasteiger partial charge < -0.3 is 15.1 Å². The number of guanidine groups is 1. The maximum Gasteiger partial charge on any atom is 0.193 e. The molecule has 23 heavy (non-hydrogen) atoms. The number of piperidine rings is 1. The van der Waals surface area contributed by atoms with Crippen LogP contribution in [0.5, 0.6) is 0 Å². The standard InChI is InChI=1S/C17H32N6/c1-5-23-10-7-15(8-11-23)6-9-19-17(18-2)21(3)13-16-12-20-22(4)14-16/h12,14-15H,5-11,13H2,1-4H3,(H,18,19). The molecule has 1 fully saturated rings. The smallest absolute Gasteiger partial charge is 0.193 e. The van der Waals surface area contributed by atoms with Gasteiger partial charge in [0.1, 0.15) is 0 Å². The maximum absolute atomic E-state index is 4.39. The fourth-order valence-corrected chi connectivity index (χ4v) is 3.27. The Morgan fingerprint density at radius 1 is 1.43 bits per heavy atom. The second-order valence-electron chi connectivity index (χ2n) is 6.52. The van der Waals surface area contributed by atoms with E-state index in [1.807, 2.05) is 31.2 Å². The van der Waals surface area contributed by atoms with Crippen molar-refractivity contribution in [1.29, 1.82) is 0 Å². The van der Waals surface area contributed by atoms with Crippen LogP contribution in [0.1, 0.15) is 31.7 Å². The summed E-state index contributed by atoms with van der Waals surface area (Å²) in [6.45, 7) is 7.79. The van der Waals surface area contributed by atoms with Crippen LogP contribution in [0, 0.1) is 5.92 Å². The van der Waals surface area contributed by atoms with Crippen LogP contribution < -0.4 is 5.32 Å². The first-order valence-electron chi connectivity index (χ1n) is 8.74. The average molecular weight is 320 g/mol. The molecular weight excluding hydrogens is 288 g/mol. The largest absolute Gasteiger partial charge is 0.356 e. The van der Waals surface area contributed by atoms with Crippen molar-refractivity contribution < 1.29 is 0 Å². The van der Waals surface area contributed by atoms with Crippen molar-refractivity contribution >= 4 is 5.96 Å². The van der Waals surface area contributed by atoms with Crippen LogP contribution in [0.3, 0.4) is 0 Å². The van der Waals surface area contributed by atoms with Gasteiger partial charge in [-0.2, -0.15) is 5.10 Å². The second kappa shape index (κ2) is 8.91. The third-order valence-corrected chi connectivity index (χ3v) is 4.74. The molecule has 0 atom stereocenters. The molecule has 0 bridgehead atoms. The number of hydrogen-bond donors (Lipinski definition) is 1. The van der Waals surface area contributed by atoms with Gasteiger partial charge in [-0.15, -0.1) is 0 Å². The van der Waals surface area contributed by atoms with Gasteiger partial charge in [0, 0.05) is 46.0 Å². The lowest BCUT2D eigenvalue weighted by Gasteiger charge is -2.31. The molecule has 0 aliphatic carbocycles. The summed E-state index contributed by atoms with van der Waals surface area (Å²) in [5, 5.41) is 7.72. The van der Waals surface area contributed by atoms with Crippen LogP contribution in [0.2, 0.25) is 0 Å². The van der Waals surface area contributed by atoms with E-state index >= 15 is 0 Å². The summed E-state index contributed by atoms with van der Waals surface area (Å²) in [6.07, 6.45) is 7.85. The summed E-state index contributed by atoms with van der Waals surface area (Å²) in [5.74, 6) is 1.81. The Bertz CT molecular complexity index is 487. The van der Waals surface area contributed by atoms with Crippen LogP contribution in [0.4, 0.5) is 0 Å². The molecule has 6 nitrogen and oxygen atoms in total. The number of aryl methyl sites for hydroxylation is 1. The third-order valence-electron chi connectivity index (χ3n) is 4.74. The monoisotopic (exact) mass is 320 g/mol. The lowest BCUT2D eigenvalue weighted by Crippen LogP contribution is -2.40. The number of rotatable bonds is 6. The van der Waals surface area contributed by atoms with E-state index in [0.717, 1.165) is 25.0 Å². The number of aromatic nitrogens is 2. The molecule has 130 valence electrons. The normalized spacial score (nSPS) is 17.5. The van der Waals surface area contributed by atoms with E-state index in [-0.39, 0.29) is 0 Å². The first kappa shape index (κ1) is 17.8. The zero-order valence-corrected chi connectivity index (χ0v) is 15.1. The minimum absolute atomic E-state index is 0.822. The molecular formula is C17H32N6. The summed E-state index contributed by atoms with van der Waals surface area (Å²) < 4.78 is 1.84. The lowest BCUT2D eigenvalue weighted by atomic mass is 9.93. The minimum Gasteiger partial charge on any atom is -0.356 e. The third kappa shape index (κ3) is 5.53. The summed E-state index contributed by atoms with van der Waals surface area (Å²) in [4.78, 5) is 9.09. The molecule has 0 spiro atoms. The van der Waals surface area contributed by atoms with Gasteiger partial charge in [0.15, 0.2) is 5.96 Å². The second-order valence-corrected chi connectivity index (χ2v) is 6.52. The zero-order valence-electron chi connectivity index (χ0n) is 15.1. The van der Waals surface area contributed by atoms with Crippen molar-refractivity contribution in [2.24, 2.45) is 18.0 Å². The number of hydrogen-bond acceptors (Lipinski definition) is 3. The number of likely N-dealkylation sites (tertiary alicyclic amines) is 1. The summed E-state index contributed by atoms with van der Waals surface area (Å²) in [6, 6.07) is 0. The molecule has 0 amide bonds. The predicted molar refractivity (Wildman–Crippen MR) is 95.5 cm³/mol. The Kier molecular flexibility index (Phi) is 6.89. The molecule has 1 aliphatic heterocycles. The van der Waals surface area contributed by atoms with Crippen molar-refractivity contribution in [3.63, 3.8) is 0 Å². The molecule has 1 N–H and O–H groups in total. The number of nitrogens with zero attached hydrogens (tertiary/aromatic N) is 5. The highest BCUT2D eigenvalue weighted by Crippen LogP contribution is 2.19. The number of nitrogens with one attached hydrogen (secondary N) is 1. The lowest BCUT2D eigenvalue weighted by molar-refractivity contribution is 0.187. The maximum atomic E-state index is 4.39. The zero-order chi connectivity index (χ0) is 16.7. The van der Waals surface area contributed by atoms with Crippen molar-refractivity contribution in [2.45, 2.75) is 32.7 Å². The average Bonchev–Trinajstić information content (AvgIpc) is 2.97. The molecule has 1 aromatic rings. The van der Waals surface area contributed by atoms with E-state index in [4.69, 9.17) is 0 Å². The van der Waals surface area contributed by atoms with Crippen LogP contribution in [0.25, 0.3) is 0 Å². The topological polar surface area (TPSA) is 48.7 Å². The van der Waals surface area contributed by atoms with Gasteiger partial charge in [-0.3, -0.25) is 9.67 Å². The molecule has 0 radical (unpaired) electrons. The summed E-state index contributed by atoms with van der Waals surface area (Å²) in [5.41, 5.74) is 1.20. The van der Waals surface area contributed by atoms with E-state index < -0.39 is 0 Å². The molecule has 0 unspecified atom stereocenters. The first-order chi connectivity index (χ1) is 11.1. The van der Waals surface area contributed by atoms with Gasteiger partial charge in [-0.25, -0.2) is 0 Å². The Morgan fingerprint density at radius 3 is 2.74 bits per heavy atom. The van der Waals surface area contributed by atoms with Crippen LogP contribution >= 0.6 is 0 Å². The van der Waals surface area contributed by atoms with Crippen molar-refractivity contribution in [3.8, 4) is 0 Å². The van der Waals surface area contributed by atoms with Gasteiger partial charge in [-0.05, 0) is 44.8 Å². The predicted octanol–water partition coefficient (Wildman–Crippen LogP) is 1.55. The Balaban J connectivity index is 1.70. The Morgan fingerprint density at radius 2 is 2.17 bits per heavy atom. The molecule has 2 heterocycles. The van der Waals surface area contributed by atoms with Crippen LogP contribution in [-0.2, 0) is 13.6 Å². The van der Waals surface area contributed by atoms with Crippen molar-refractivity contribution in [1.82, 2.24) is 24.9 Å². The SMILES string of the molecule is CCN1CCC(CCNC(=NC)N(C)Cc2cnn(C)c2)CC1. The first-order valence-corrected chi connectivity index (χ1v) is 8.74. The molecule has 2 rings (SSSR count). The van der Waals surface area contributed by atoms with Crippen molar-refractivity contribution in [2.75, 3.05) is 40.3 Å². The molecule has 1 aliphatic rings. The fraction of sp³-hybridized carbons (Fsp3) is 0.765. The number of aliphatic imine (C=N–C) groups is 1. The van der Waals surface area contributed by atoms with Gasteiger partial charge in [0.05, 0.1) is 6.20 Å².